The Hall–Kier alpha value is -2.75. The molecule has 0 radical (unpaired) electrons. The van der Waals surface area contributed by atoms with Crippen molar-refractivity contribution in [3.63, 3.8) is 0 Å². The van der Waals surface area contributed by atoms with Crippen molar-refractivity contribution in [3.8, 4) is 11.5 Å². The van der Waals surface area contributed by atoms with Crippen molar-refractivity contribution in [2.45, 2.75) is 40.3 Å². The van der Waals surface area contributed by atoms with Gasteiger partial charge in [0.1, 0.15) is 11.5 Å². The molecule has 0 aliphatic carbocycles. The molecule has 2 aromatic carbocycles. The number of aryl methyl sites for hydroxylation is 1. The molecule has 184 valence electrons. The van der Waals surface area contributed by atoms with Gasteiger partial charge in [0.15, 0.2) is 6.73 Å². The van der Waals surface area contributed by atoms with Gasteiger partial charge < -0.3 is 10.1 Å². The number of nitrogens with zero attached hydrogens (tertiary/aromatic N) is 1. The van der Waals surface area contributed by atoms with Crippen molar-refractivity contribution >= 4 is 36.5 Å². The van der Waals surface area contributed by atoms with Gasteiger partial charge in [-0.15, -0.1) is 4.52 Å². The lowest BCUT2D eigenvalue weighted by atomic mass is 9.96. The highest BCUT2D eigenvalue weighted by Crippen LogP contribution is 2.39. The van der Waals surface area contributed by atoms with Gasteiger partial charge in [0, 0.05) is 23.1 Å². The molecule has 8 nitrogen and oxygen atoms in total. The second-order valence-electron chi connectivity index (χ2n) is 8.09. The first-order valence-corrected chi connectivity index (χ1v) is 11.4. The van der Waals surface area contributed by atoms with Crippen molar-refractivity contribution in [3.05, 3.63) is 56.6 Å². The van der Waals surface area contributed by atoms with Crippen LogP contribution in [0.5, 0.6) is 11.5 Å². The van der Waals surface area contributed by atoms with E-state index in [1.807, 2.05) is 0 Å². The smallest absolute Gasteiger partial charge is 0.455 e. The van der Waals surface area contributed by atoms with Crippen LogP contribution in [0.25, 0.3) is 0 Å². The Morgan fingerprint density at radius 2 is 1.82 bits per heavy atom. The van der Waals surface area contributed by atoms with E-state index < -0.39 is 42.5 Å². The Balaban J connectivity index is 2.37. The maximum atomic E-state index is 12.9. The summed E-state index contributed by atoms with van der Waals surface area (Å²) in [6.07, 6.45) is -4.34. The number of nitro groups is 1. The number of hydrogen-bond donors (Lipinski definition) is 1. The van der Waals surface area contributed by atoms with Crippen LogP contribution in [-0.4, -0.2) is 17.6 Å². The fourth-order valence-corrected chi connectivity index (χ4v) is 3.73. The maximum Gasteiger partial charge on any atom is 0.558 e. The number of rotatable bonds is 8. The van der Waals surface area contributed by atoms with Crippen LogP contribution in [-0.2, 0) is 26.5 Å². The number of nitro benzene ring substituents is 1. The molecule has 0 saturated carbocycles. The van der Waals surface area contributed by atoms with Crippen LogP contribution < -0.4 is 15.4 Å². The largest absolute Gasteiger partial charge is 0.558 e. The van der Waals surface area contributed by atoms with E-state index in [4.69, 9.17) is 20.9 Å². The van der Waals surface area contributed by atoms with Crippen LogP contribution in [0.2, 0.25) is 5.02 Å². The summed E-state index contributed by atoms with van der Waals surface area (Å²) < 4.78 is 62.1. The summed E-state index contributed by atoms with van der Waals surface area (Å²) in [7, 11) is -2.80. The molecule has 0 bridgehead atoms. The van der Waals surface area contributed by atoms with E-state index in [9.17, 15) is 32.6 Å². The zero-order valence-corrected chi connectivity index (χ0v) is 20.3. The summed E-state index contributed by atoms with van der Waals surface area (Å²) in [5.41, 5.74) is -1.87. The number of carbonyl (C=O) groups is 1. The minimum atomic E-state index is -4.60. The predicted molar refractivity (Wildman–Crippen MR) is 120 cm³/mol. The van der Waals surface area contributed by atoms with Gasteiger partial charge >= 0.3 is 25.2 Å². The minimum absolute atomic E-state index is 0.00966. The van der Waals surface area contributed by atoms with E-state index in [1.165, 1.54) is 0 Å². The Morgan fingerprint density at radius 1 is 1.18 bits per heavy atom. The van der Waals surface area contributed by atoms with E-state index in [-0.39, 0.29) is 34.2 Å². The SMILES string of the molecule is CCc1cc([N+](=O)[O-])c([P+](=O)OCNC(=O)C(C)(C)C)cc1Oc1ccc(C(F)(F)F)cc1Cl. The lowest BCUT2D eigenvalue weighted by molar-refractivity contribution is -0.383. The first kappa shape index (κ1) is 27.5. The van der Waals surface area contributed by atoms with Gasteiger partial charge in [-0.1, -0.05) is 39.3 Å². The molecule has 34 heavy (non-hydrogen) atoms. The topological polar surface area (TPSA) is 108 Å². The molecule has 1 atom stereocenters. The molecule has 1 amide bonds. The molecule has 0 fully saturated rings. The molecule has 0 aromatic heterocycles. The summed E-state index contributed by atoms with van der Waals surface area (Å²) in [5.74, 6) is -0.499. The number of benzene rings is 2. The maximum absolute atomic E-state index is 12.9. The highest BCUT2D eigenvalue weighted by atomic mass is 35.5. The van der Waals surface area contributed by atoms with E-state index in [0.29, 0.717) is 11.6 Å². The van der Waals surface area contributed by atoms with Gasteiger partial charge in [-0.25, -0.2) is 0 Å². The standard InChI is InChI=1S/C21H21ClF3N2O6P/c1-5-12-8-15(27(29)30)18(34(31)32-11-26-19(28)20(2,3)4)10-17(12)33-16-7-6-13(9-14(16)22)21(23,24)25/h6-10H,5,11H2,1-4H3/p+1. The highest BCUT2D eigenvalue weighted by Gasteiger charge is 2.36. The van der Waals surface area contributed by atoms with E-state index in [2.05, 4.69) is 5.32 Å². The zero-order chi connectivity index (χ0) is 25.8. The Kier molecular flexibility index (Phi) is 8.63. The molecule has 0 aliphatic rings. The predicted octanol–water partition coefficient (Wildman–Crippen LogP) is 6.13. The molecule has 2 aromatic rings. The first-order chi connectivity index (χ1) is 15.6. The summed E-state index contributed by atoms with van der Waals surface area (Å²) >= 11 is 5.94. The van der Waals surface area contributed by atoms with Crippen molar-refractivity contribution in [1.29, 1.82) is 0 Å². The van der Waals surface area contributed by atoms with Gasteiger partial charge in [-0.3, -0.25) is 14.9 Å². The highest BCUT2D eigenvalue weighted by molar-refractivity contribution is 7.48. The number of halogens is 4. The molecular formula is C21H22ClF3N2O6P+. The molecule has 1 N–H and O–H groups in total. The minimum Gasteiger partial charge on any atom is -0.455 e. The third-order valence-electron chi connectivity index (χ3n) is 4.51. The molecule has 0 heterocycles. The van der Waals surface area contributed by atoms with Crippen LogP contribution in [0, 0.1) is 15.5 Å². The second kappa shape index (κ2) is 10.7. The molecule has 1 unspecified atom stereocenters. The molecule has 0 spiro atoms. The third kappa shape index (κ3) is 6.88. The van der Waals surface area contributed by atoms with Crippen LogP contribution in [0.15, 0.2) is 30.3 Å². The van der Waals surface area contributed by atoms with Gasteiger partial charge in [0.25, 0.3) is 0 Å². The van der Waals surface area contributed by atoms with Crippen molar-refractivity contribution < 1.29 is 36.7 Å². The van der Waals surface area contributed by atoms with E-state index in [1.54, 1.807) is 27.7 Å². The van der Waals surface area contributed by atoms with Crippen LogP contribution in [0.1, 0.15) is 38.8 Å². The third-order valence-corrected chi connectivity index (χ3v) is 5.92. The number of ether oxygens (including phenoxy) is 1. The molecule has 0 saturated heterocycles. The van der Waals surface area contributed by atoms with Gasteiger partial charge in [-0.05, 0) is 29.2 Å². The summed E-state index contributed by atoms with van der Waals surface area (Å²) in [6.45, 7) is 6.20. The Bertz CT molecular complexity index is 1120. The summed E-state index contributed by atoms with van der Waals surface area (Å²) in [5, 5.41) is 13.3. The Labute approximate surface area is 199 Å². The average molecular weight is 522 g/mol. The van der Waals surface area contributed by atoms with Crippen LogP contribution >= 0.6 is 19.6 Å². The fourth-order valence-electron chi connectivity index (χ4n) is 2.63. The van der Waals surface area contributed by atoms with Crippen molar-refractivity contribution in [2.75, 3.05) is 6.73 Å². The fraction of sp³-hybridized carbons (Fsp3) is 0.381. The quantitative estimate of drug-likeness (QED) is 0.194. The average Bonchev–Trinajstić information content (AvgIpc) is 2.72. The summed E-state index contributed by atoms with van der Waals surface area (Å²) in [6, 6.07) is 4.75. The van der Waals surface area contributed by atoms with Crippen LogP contribution in [0.3, 0.4) is 0 Å². The molecule has 0 aliphatic heterocycles. The van der Waals surface area contributed by atoms with Crippen LogP contribution in [0.4, 0.5) is 18.9 Å². The monoisotopic (exact) mass is 521 g/mol. The Morgan fingerprint density at radius 3 is 2.32 bits per heavy atom. The lowest BCUT2D eigenvalue weighted by Gasteiger charge is -2.16. The van der Waals surface area contributed by atoms with E-state index >= 15 is 0 Å². The number of nitrogens with one attached hydrogen (secondary N) is 1. The number of alkyl halides is 3. The summed E-state index contributed by atoms with van der Waals surface area (Å²) in [4.78, 5) is 22.7. The van der Waals surface area contributed by atoms with Gasteiger partial charge in [-0.2, -0.15) is 13.2 Å². The molecule has 2 rings (SSSR count). The molecule has 13 heteroatoms. The number of amides is 1. The van der Waals surface area contributed by atoms with Gasteiger partial charge in [0.2, 0.25) is 5.91 Å². The number of hydrogen-bond acceptors (Lipinski definition) is 6. The first-order valence-electron chi connectivity index (χ1n) is 9.89. The zero-order valence-electron chi connectivity index (χ0n) is 18.7. The number of carbonyl (C=O) groups excluding carboxylic acids is 1. The van der Waals surface area contributed by atoms with E-state index in [0.717, 1.165) is 24.3 Å². The van der Waals surface area contributed by atoms with Crippen molar-refractivity contribution in [1.82, 2.24) is 5.32 Å². The molecular weight excluding hydrogens is 500 g/mol. The second-order valence-corrected chi connectivity index (χ2v) is 9.75. The van der Waals surface area contributed by atoms with Gasteiger partial charge in [0.05, 0.1) is 15.5 Å². The normalized spacial score (nSPS) is 12.3. The van der Waals surface area contributed by atoms with Crippen molar-refractivity contribution in [2.24, 2.45) is 5.41 Å². The lowest BCUT2D eigenvalue weighted by Crippen LogP contribution is -2.35.